The molecule has 18 heavy (non-hydrogen) atoms. The van der Waals surface area contributed by atoms with Crippen LogP contribution in [0.3, 0.4) is 0 Å². The molecule has 2 nitrogen and oxygen atoms in total. The van der Waals surface area contributed by atoms with Gasteiger partial charge >= 0.3 is 6.18 Å². The van der Waals surface area contributed by atoms with Crippen molar-refractivity contribution in [3.63, 3.8) is 0 Å². The zero-order valence-electron chi connectivity index (χ0n) is 9.26. The number of allylic oxidation sites excluding steroid dienone is 1. The number of alkyl halides is 3. The molecule has 0 radical (unpaired) electrons. The molecule has 0 fully saturated rings. The second kappa shape index (κ2) is 5.91. The van der Waals surface area contributed by atoms with E-state index in [0.29, 0.717) is 12.0 Å². The molecule has 98 valence electrons. The Morgan fingerprint density at radius 3 is 2.61 bits per heavy atom. The summed E-state index contributed by atoms with van der Waals surface area (Å²) >= 11 is 5.08. The first kappa shape index (κ1) is 14.6. The fourth-order valence-corrected chi connectivity index (χ4v) is 1.38. The molecule has 0 saturated heterocycles. The third-order valence-electron chi connectivity index (χ3n) is 2.10. The van der Waals surface area contributed by atoms with Crippen LogP contribution in [0.15, 0.2) is 30.9 Å². The molecule has 0 bridgehead atoms. The predicted molar refractivity (Wildman–Crippen MR) is 61.7 cm³/mol. The molecule has 1 rings (SSSR count). The fraction of sp³-hybridized carbons (Fsp3) is 0.250. The van der Waals surface area contributed by atoms with Crippen molar-refractivity contribution >= 4 is 16.8 Å². The number of rotatable bonds is 5. The second-order valence-corrected chi connectivity index (χ2v) is 3.88. The van der Waals surface area contributed by atoms with Gasteiger partial charge in [0.2, 0.25) is 0 Å². The van der Waals surface area contributed by atoms with E-state index >= 15 is 0 Å². The Morgan fingerprint density at radius 1 is 1.44 bits per heavy atom. The second-order valence-electron chi connectivity index (χ2n) is 3.46. The third kappa shape index (κ3) is 4.07. The largest absolute Gasteiger partial charge is 0.484 e. The van der Waals surface area contributed by atoms with E-state index in [0.717, 1.165) is 12.1 Å². The van der Waals surface area contributed by atoms with E-state index in [2.05, 4.69) is 6.58 Å². The minimum atomic E-state index is -4.46. The summed E-state index contributed by atoms with van der Waals surface area (Å²) in [5.41, 5.74) is -0.330. The maximum atomic E-state index is 12.5. The molecule has 0 N–H and O–H groups in total. The van der Waals surface area contributed by atoms with Gasteiger partial charge in [0.1, 0.15) is 5.75 Å². The van der Waals surface area contributed by atoms with Gasteiger partial charge in [-0.2, -0.15) is 13.2 Å². The predicted octanol–water partition coefficient (Wildman–Crippen LogP) is 3.58. The van der Waals surface area contributed by atoms with Crippen LogP contribution >= 0.6 is 11.6 Å². The monoisotopic (exact) mass is 278 g/mol. The first-order chi connectivity index (χ1) is 8.34. The number of carbonyl (C=O) groups is 1. The number of benzene rings is 1. The van der Waals surface area contributed by atoms with Gasteiger partial charge in [0.15, 0.2) is 6.61 Å². The molecule has 1 aromatic rings. The van der Waals surface area contributed by atoms with Gasteiger partial charge in [-0.25, -0.2) is 0 Å². The highest BCUT2D eigenvalue weighted by atomic mass is 35.5. The van der Waals surface area contributed by atoms with Crippen molar-refractivity contribution in [1.82, 2.24) is 0 Å². The van der Waals surface area contributed by atoms with Gasteiger partial charge < -0.3 is 4.74 Å². The van der Waals surface area contributed by atoms with Crippen molar-refractivity contribution in [3.05, 3.63) is 42.0 Å². The normalized spacial score (nSPS) is 11.1. The van der Waals surface area contributed by atoms with Crippen molar-refractivity contribution in [2.24, 2.45) is 0 Å². The summed E-state index contributed by atoms with van der Waals surface area (Å²) in [6.07, 6.45) is -2.60. The van der Waals surface area contributed by atoms with E-state index in [-0.39, 0.29) is 5.75 Å². The molecule has 0 atom stereocenters. The van der Waals surface area contributed by atoms with E-state index < -0.39 is 23.6 Å². The lowest BCUT2D eigenvalue weighted by Crippen LogP contribution is -2.09. The Labute approximate surface area is 107 Å². The molecule has 0 unspecified atom stereocenters. The Bertz CT molecular complexity index is 455. The lowest BCUT2D eigenvalue weighted by atomic mass is 10.1. The smallest absolute Gasteiger partial charge is 0.416 e. The zero-order chi connectivity index (χ0) is 13.8. The number of halogens is 4. The minimum absolute atomic E-state index is 0.0151. The topological polar surface area (TPSA) is 26.3 Å². The number of hydrogen-bond acceptors (Lipinski definition) is 2. The van der Waals surface area contributed by atoms with Gasteiger partial charge in [-0.05, 0) is 35.7 Å². The van der Waals surface area contributed by atoms with Gasteiger partial charge in [-0.15, -0.1) is 6.58 Å². The van der Waals surface area contributed by atoms with Crippen LogP contribution in [-0.2, 0) is 17.4 Å². The van der Waals surface area contributed by atoms with Gasteiger partial charge in [-0.1, -0.05) is 12.1 Å². The van der Waals surface area contributed by atoms with E-state index in [1.54, 1.807) is 0 Å². The van der Waals surface area contributed by atoms with Crippen LogP contribution in [0.5, 0.6) is 5.75 Å². The molecular formula is C12H10ClF3O2. The van der Waals surface area contributed by atoms with Gasteiger partial charge in [0, 0.05) is 0 Å². The molecule has 0 spiro atoms. The highest BCUT2D eigenvalue weighted by molar-refractivity contribution is 6.63. The van der Waals surface area contributed by atoms with Gasteiger partial charge in [0.05, 0.1) is 5.56 Å². The molecule has 1 aromatic carbocycles. The molecule has 0 saturated carbocycles. The lowest BCUT2D eigenvalue weighted by Gasteiger charge is -2.12. The number of carbonyl (C=O) groups excluding carboxylic acids is 1. The summed E-state index contributed by atoms with van der Waals surface area (Å²) in [5, 5.41) is -0.781. The molecule has 0 aliphatic rings. The van der Waals surface area contributed by atoms with E-state index in [4.69, 9.17) is 16.3 Å². The Kier molecular flexibility index (Phi) is 4.78. The fourth-order valence-electron chi connectivity index (χ4n) is 1.32. The van der Waals surface area contributed by atoms with Gasteiger partial charge in [-0.3, -0.25) is 4.79 Å². The molecule has 0 aliphatic carbocycles. The van der Waals surface area contributed by atoms with Crippen LogP contribution in [0.1, 0.15) is 11.1 Å². The molecule has 0 amide bonds. The molecule has 0 aromatic heterocycles. The Morgan fingerprint density at radius 2 is 2.11 bits per heavy atom. The first-order valence-corrected chi connectivity index (χ1v) is 5.34. The quantitative estimate of drug-likeness (QED) is 0.608. The van der Waals surface area contributed by atoms with Crippen molar-refractivity contribution in [3.8, 4) is 5.75 Å². The summed E-state index contributed by atoms with van der Waals surface area (Å²) < 4.78 is 42.5. The van der Waals surface area contributed by atoms with Crippen molar-refractivity contribution in [1.29, 1.82) is 0 Å². The summed E-state index contributed by atoms with van der Waals surface area (Å²) in [7, 11) is 0. The van der Waals surface area contributed by atoms with Crippen LogP contribution in [0.25, 0.3) is 0 Å². The van der Waals surface area contributed by atoms with E-state index in [1.807, 2.05) is 0 Å². The standard InChI is InChI=1S/C12H10ClF3O2/c1-2-3-8-4-5-9(12(14,15)16)6-10(8)18-7-11(13)17/h2,4-6H,1,3,7H2. The highest BCUT2D eigenvalue weighted by Gasteiger charge is 2.31. The van der Waals surface area contributed by atoms with Gasteiger partial charge in [0.25, 0.3) is 5.24 Å². The zero-order valence-corrected chi connectivity index (χ0v) is 10.0. The first-order valence-electron chi connectivity index (χ1n) is 4.96. The Balaban J connectivity index is 3.06. The average molecular weight is 279 g/mol. The summed E-state index contributed by atoms with van der Waals surface area (Å²) in [6, 6.07) is 3.09. The van der Waals surface area contributed by atoms with Crippen molar-refractivity contribution < 1.29 is 22.7 Å². The number of hydrogen-bond donors (Lipinski definition) is 0. The van der Waals surface area contributed by atoms with Crippen molar-refractivity contribution in [2.45, 2.75) is 12.6 Å². The van der Waals surface area contributed by atoms with Crippen LogP contribution in [-0.4, -0.2) is 11.8 Å². The van der Waals surface area contributed by atoms with Crippen LogP contribution < -0.4 is 4.74 Å². The van der Waals surface area contributed by atoms with Crippen LogP contribution in [0.4, 0.5) is 13.2 Å². The molecular weight excluding hydrogens is 269 g/mol. The van der Waals surface area contributed by atoms with E-state index in [1.165, 1.54) is 12.1 Å². The van der Waals surface area contributed by atoms with Crippen LogP contribution in [0.2, 0.25) is 0 Å². The molecule has 0 heterocycles. The maximum Gasteiger partial charge on any atom is 0.416 e. The maximum absolute atomic E-state index is 12.5. The van der Waals surface area contributed by atoms with Crippen LogP contribution in [0, 0.1) is 0 Å². The number of ether oxygens (including phenoxy) is 1. The highest BCUT2D eigenvalue weighted by Crippen LogP contribution is 2.33. The van der Waals surface area contributed by atoms with E-state index in [9.17, 15) is 18.0 Å². The minimum Gasteiger partial charge on any atom is -0.484 e. The van der Waals surface area contributed by atoms with Crippen molar-refractivity contribution in [2.75, 3.05) is 6.61 Å². The SMILES string of the molecule is C=CCc1ccc(C(F)(F)F)cc1OCC(=O)Cl. The average Bonchev–Trinajstić information content (AvgIpc) is 2.26. The Hall–Kier alpha value is -1.49. The summed E-state index contributed by atoms with van der Waals surface area (Å²) in [5.74, 6) is -0.0151. The lowest BCUT2D eigenvalue weighted by molar-refractivity contribution is -0.137. The summed E-state index contributed by atoms with van der Waals surface area (Å²) in [4.78, 5) is 10.6. The summed E-state index contributed by atoms with van der Waals surface area (Å²) in [6.45, 7) is 3.01. The molecule has 0 aliphatic heterocycles. The third-order valence-corrected chi connectivity index (χ3v) is 2.21. The molecule has 6 heteroatoms.